The van der Waals surface area contributed by atoms with Crippen molar-refractivity contribution >= 4 is 33.7 Å². The molecule has 192 valence electrons. The highest BCUT2D eigenvalue weighted by Crippen LogP contribution is 2.30. The van der Waals surface area contributed by atoms with Crippen molar-refractivity contribution in [2.45, 2.75) is 61.5 Å². The molecule has 0 atom stereocenters. The van der Waals surface area contributed by atoms with Crippen LogP contribution >= 0.6 is 11.8 Å². The Kier molecular flexibility index (Phi) is 8.70. The quantitative estimate of drug-likeness (QED) is 0.412. The Morgan fingerprint density at radius 3 is 2.40 bits per heavy atom. The van der Waals surface area contributed by atoms with Gasteiger partial charge in [-0.2, -0.15) is 0 Å². The second-order valence-corrected chi connectivity index (χ2v) is 14.5. The van der Waals surface area contributed by atoms with Crippen molar-refractivity contribution in [2.24, 2.45) is 0 Å². The molecule has 1 aliphatic rings. The number of nitrogens with one attached hydrogen (secondary N) is 1. The van der Waals surface area contributed by atoms with Crippen LogP contribution in [-0.2, 0) is 21.2 Å². The number of thioether (sulfide) groups is 1. The third kappa shape index (κ3) is 7.84. The summed E-state index contributed by atoms with van der Waals surface area (Å²) >= 11 is 1.56. The molecule has 1 N–H and O–H groups in total. The summed E-state index contributed by atoms with van der Waals surface area (Å²) in [7, 11) is -2.46. The minimum atomic E-state index is -2.46. The van der Waals surface area contributed by atoms with Gasteiger partial charge >= 0.3 is 6.09 Å². The molecule has 1 fully saturated rings. The van der Waals surface area contributed by atoms with Gasteiger partial charge in [-0.05, 0) is 87.6 Å². The summed E-state index contributed by atoms with van der Waals surface area (Å²) in [5.74, 6) is 0.365. The number of piperidine rings is 1. The van der Waals surface area contributed by atoms with Crippen LogP contribution < -0.4 is 5.32 Å². The minimum absolute atomic E-state index is 0.00404. The number of hydrogen-bond donors (Lipinski definition) is 2. The lowest BCUT2D eigenvalue weighted by molar-refractivity contribution is 0.0523. The van der Waals surface area contributed by atoms with E-state index >= 15 is 0 Å². The van der Waals surface area contributed by atoms with E-state index in [9.17, 15) is 13.8 Å². The van der Waals surface area contributed by atoms with E-state index in [1.807, 2.05) is 56.2 Å². The molecule has 0 radical (unpaired) electrons. The first-order chi connectivity index (χ1) is 16.4. The maximum atomic E-state index is 13.3. The second kappa shape index (κ2) is 11.2. The Labute approximate surface area is 214 Å². The van der Waals surface area contributed by atoms with E-state index in [0.29, 0.717) is 31.1 Å². The Morgan fingerprint density at radius 2 is 1.80 bits per heavy atom. The molecule has 1 aliphatic heterocycles. The zero-order valence-electron chi connectivity index (χ0n) is 21.6. The van der Waals surface area contributed by atoms with Crippen molar-refractivity contribution in [3.8, 4) is 0 Å². The number of nitrogens with zero attached hydrogens (tertiary/aromatic N) is 1. The van der Waals surface area contributed by atoms with Gasteiger partial charge in [0, 0.05) is 35.0 Å². The molecule has 0 bridgehead atoms. The minimum Gasteiger partial charge on any atom is -0.444 e. The van der Waals surface area contributed by atoms with Crippen LogP contribution in [0.5, 0.6) is 0 Å². The summed E-state index contributed by atoms with van der Waals surface area (Å²) in [6, 6.07) is 13.9. The van der Waals surface area contributed by atoms with Gasteiger partial charge in [-0.1, -0.05) is 34.2 Å². The fraction of sp³-hybridized carbons (Fsp3) is 0.481. The van der Waals surface area contributed by atoms with Gasteiger partial charge in [0.2, 0.25) is 0 Å². The first kappa shape index (κ1) is 27.3. The third-order valence-corrected chi connectivity index (χ3v) is 8.25. The van der Waals surface area contributed by atoms with E-state index in [1.165, 1.54) is 5.56 Å². The number of alkyl carbamates (subject to hydrolysis) is 1. The Bertz CT molecular complexity index is 1110. The number of carbonyl (C=O) groups is 2. The first-order valence-electron chi connectivity index (χ1n) is 12.0. The highest BCUT2D eigenvalue weighted by Gasteiger charge is 2.26. The van der Waals surface area contributed by atoms with Crippen LogP contribution in [0.3, 0.4) is 0 Å². The van der Waals surface area contributed by atoms with Gasteiger partial charge in [-0.3, -0.25) is 9.00 Å². The van der Waals surface area contributed by atoms with Crippen molar-refractivity contribution in [1.29, 1.82) is 0 Å². The smallest absolute Gasteiger partial charge is 0.407 e. The molecule has 3 rings (SSSR count). The Hall–Kier alpha value is -2.32. The van der Waals surface area contributed by atoms with E-state index in [1.54, 1.807) is 30.3 Å². The van der Waals surface area contributed by atoms with Gasteiger partial charge in [0.1, 0.15) is 5.60 Å². The first-order valence-corrected chi connectivity index (χ1v) is 15.8. The molecule has 2 amide bonds. The van der Waals surface area contributed by atoms with Crippen molar-refractivity contribution in [3.05, 3.63) is 59.2 Å². The number of thiol groups is 1. The van der Waals surface area contributed by atoms with E-state index in [2.05, 4.69) is 17.4 Å². The summed E-state index contributed by atoms with van der Waals surface area (Å²) < 4.78 is 18.0. The lowest BCUT2D eigenvalue weighted by atomic mass is 9.88. The lowest BCUT2D eigenvalue weighted by Crippen LogP contribution is -2.38. The van der Waals surface area contributed by atoms with E-state index in [4.69, 9.17) is 4.74 Å². The molecular weight excluding hydrogens is 480 g/mol. The molecule has 1 saturated heterocycles. The average Bonchev–Trinajstić information content (AvgIpc) is 2.80. The molecule has 2 aromatic rings. The van der Waals surface area contributed by atoms with Gasteiger partial charge < -0.3 is 15.0 Å². The summed E-state index contributed by atoms with van der Waals surface area (Å²) in [6.07, 6.45) is 6.78. The molecule has 0 aliphatic carbocycles. The monoisotopic (exact) mass is 518 g/mol. The van der Waals surface area contributed by atoms with Gasteiger partial charge in [0.05, 0.1) is 0 Å². The zero-order chi connectivity index (χ0) is 25.8. The number of carbonyl (C=O) groups excluding carboxylic acids is 2. The van der Waals surface area contributed by atoms with Crippen LogP contribution in [0, 0.1) is 0 Å². The van der Waals surface area contributed by atoms with Gasteiger partial charge in [-0.25, -0.2) is 4.79 Å². The molecule has 8 heteroatoms. The molecule has 1 heterocycles. The molecule has 0 saturated carbocycles. The normalized spacial score (nSPS) is 15.5. The van der Waals surface area contributed by atoms with E-state index in [0.717, 1.165) is 28.2 Å². The molecule has 35 heavy (non-hydrogen) atoms. The van der Waals surface area contributed by atoms with Crippen LogP contribution in [0.1, 0.15) is 61.0 Å². The number of hydrogen-bond acceptors (Lipinski definition) is 5. The summed E-state index contributed by atoms with van der Waals surface area (Å²) in [4.78, 5) is 28.8. The molecule has 0 aromatic heterocycles. The molecule has 2 aromatic carbocycles. The number of rotatable bonds is 6. The van der Waals surface area contributed by atoms with Crippen LogP contribution in [0.4, 0.5) is 4.79 Å². The van der Waals surface area contributed by atoms with Gasteiger partial charge in [0.15, 0.2) is 0 Å². The predicted octanol–water partition coefficient (Wildman–Crippen LogP) is 5.09. The van der Waals surface area contributed by atoms with Gasteiger partial charge in [0.25, 0.3) is 5.91 Å². The summed E-state index contributed by atoms with van der Waals surface area (Å²) in [6.45, 7) is 7.29. The maximum Gasteiger partial charge on any atom is 0.407 e. The van der Waals surface area contributed by atoms with Crippen LogP contribution in [0.2, 0.25) is 0 Å². The SMILES string of the molecule is CSc1cc(C(=O)N2CCC(c3cccc(CNC(=O)OC(C)(C)C)c3)CC2)cc([SH](C)(C)=O)c1. The lowest BCUT2D eigenvalue weighted by Gasteiger charge is -2.32. The van der Waals surface area contributed by atoms with E-state index < -0.39 is 21.6 Å². The Balaban J connectivity index is 1.62. The van der Waals surface area contributed by atoms with Crippen LogP contribution in [0.25, 0.3) is 0 Å². The van der Waals surface area contributed by atoms with Crippen LogP contribution in [-0.4, -0.2) is 58.6 Å². The molecule has 6 nitrogen and oxygen atoms in total. The number of likely N-dealkylation sites (tertiary alicyclic amines) is 1. The molecular formula is C27H38N2O4S2. The summed E-state index contributed by atoms with van der Waals surface area (Å²) in [5.41, 5.74) is 2.34. The zero-order valence-corrected chi connectivity index (χ0v) is 23.3. The van der Waals surface area contributed by atoms with Crippen molar-refractivity contribution < 1.29 is 18.5 Å². The second-order valence-electron chi connectivity index (χ2n) is 10.4. The molecule has 0 spiro atoms. The topological polar surface area (TPSA) is 75.7 Å². The average molecular weight is 519 g/mol. The number of ether oxygens (including phenoxy) is 1. The fourth-order valence-corrected chi connectivity index (χ4v) is 5.66. The third-order valence-electron chi connectivity index (χ3n) is 6.04. The van der Waals surface area contributed by atoms with Crippen molar-refractivity contribution in [3.63, 3.8) is 0 Å². The maximum absolute atomic E-state index is 13.3. The standard InChI is InChI=1S/C27H38N2O4S2/c1-27(2,3)33-26(31)28-18-19-8-7-9-21(14-19)20-10-12-29(13-11-20)25(30)22-15-23(34-4)17-24(16-22)35(5,6)32/h7-9,14-17,20,35H,10-13,18H2,1-6H3,(H,28,31). The van der Waals surface area contributed by atoms with Crippen molar-refractivity contribution in [1.82, 2.24) is 10.2 Å². The van der Waals surface area contributed by atoms with Crippen molar-refractivity contribution in [2.75, 3.05) is 31.9 Å². The fourth-order valence-electron chi connectivity index (χ4n) is 4.18. The van der Waals surface area contributed by atoms with Gasteiger partial charge in [-0.15, -0.1) is 11.8 Å². The summed E-state index contributed by atoms with van der Waals surface area (Å²) in [5, 5.41) is 2.81. The largest absolute Gasteiger partial charge is 0.444 e. The highest BCUT2D eigenvalue weighted by molar-refractivity contribution is 8.01. The van der Waals surface area contributed by atoms with Crippen LogP contribution in [0.15, 0.2) is 52.3 Å². The highest BCUT2D eigenvalue weighted by atomic mass is 32.2. The molecule has 0 unspecified atom stereocenters. The number of benzene rings is 2. The predicted molar refractivity (Wildman–Crippen MR) is 145 cm³/mol. The van der Waals surface area contributed by atoms with E-state index in [-0.39, 0.29) is 5.91 Å². The Morgan fingerprint density at radius 1 is 1.11 bits per heavy atom. The number of amides is 2.